The Kier molecular flexibility index (Phi) is 6.10. The van der Waals surface area contributed by atoms with Gasteiger partial charge in [-0.05, 0) is 59.5 Å². The van der Waals surface area contributed by atoms with Crippen LogP contribution in [0.5, 0.6) is 0 Å². The smallest absolute Gasteiger partial charge is 0.237 e. The van der Waals surface area contributed by atoms with Crippen LogP contribution in [-0.4, -0.2) is 25.0 Å². The molecule has 0 aliphatic heterocycles. The second kappa shape index (κ2) is 9.10. The monoisotopic (exact) mass is 396 g/mol. The summed E-state index contributed by atoms with van der Waals surface area (Å²) in [6, 6.07) is 29.4. The highest BCUT2D eigenvalue weighted by Gasteiger charge is 2.19. The Morgan fingerprint density at radius 2 is 1.23 bits per heavy atom. The molecule has 0 aliphatic rings. The van der Waals surface area contributed by atoms with Crippen molar-refractivity contribution in [2.75, 3.05) is 7.05 Å². The average molecular weight is 397 g/mol. The number of hydrogen-bond donors (Lipinski definition) is 2. The number of fused-ring (bicyclic) bond motifs is 2. The molecular weight excluding hydrogens is 368 g/mol. The van der Waals surface area contributed by atoms with E-state index in [4.69, 9.17) is 0 Å². The molecule has 0 fully saturated rings. The van der Waals surface area contributed by atoms with Crippen molar-refractivity contribution in [2.45, 2.75) is 31.8 Å². The lowest BCUT2D eigenvalue weighted by Gasteiger charge is -2.20. The Morgan fingerprint density at radius 1 is 0.733 bits per heavy atom. The molecule has 0 aliphatic carbocycles. The van der Waals surface area contributed by atoms with Crippen molar-refractivity contribution in [1.82, 2.24) is 10.6 Å². The summed E-state index contributed by atoms with van der Waals surface area (Å²) in [6.07, 6.45) is 1.47. The topological polar surface area (TPSA) is 41.1 Å². The van der Waals surface area contributed by atoms with Crippen LogP contribution < -0.4 is 10.6 Å². The van der Waals surface area contributed by atoms with Crippen LogP contribution in [0.4, 0.5) is 0 Å². The lowest BCUT2D eigenvalue weighted by atomic mass is 10.00. The van der Waals surface area contributed by atoms with Gasteiger partial charge < -0.3 is 10.6 Å². The number of nitrogens with one attached hydrogen (secondary N) is 2. The molecule has 4 aromatic carbocycles. The fraction of sp³-hybridized carbons (Fsp3) is 0.222. The summed E-state index contributed by atoms with van der Waals surface area (Å²) in [7, 11) is 1.85. The standard InChI is InChI=1S/C27H28N2O/c1-19(15-20-11-13-22-7-3-5-9-24(22)16-20)29-27(30)26(28-2)18-21-12-14-23-8-4-6-10-25(23)17-21/h3-14,16-17,19,26,28H,15,18H2,1-2H3,(H,29,30). The molecule has 0 bridgehead atoms. The maximum absolute atomic E-state index is 12.9. The van der Waals surface area contributed by atoms with Gasteiger partial charge in [-0.25, -0.2) is 0 Å². The molecule has 30 heavy (non-hydrogen) atoms. The summed E-state index contributed by atoms with van der Waals surface area (Å²) in [5.41, 5.74) is 2.39. The van der Waals surface area contributed by atoms with Gasteiger partial charge in [0, 0.05) is 6.04 Å². The van der Waals surface area contributed by atoms with E-state index in [2.05, 4.69) is 90.4 Å². The first-order valence-corrected chi connectivity index (χ1v) is 10.6. The Balaban J connectivity index is 1.39. The summed E-state index contributed by atoms with van der Waals surface area (Å²) < 4.78 is 0. The van der Waals surface area contributed by atoms with Crippen LogP contribution in [0.3, 0.4) is 0 Å². The third-order valence-corrected chi connectivity index (χ3v) is 5.66. The van der Waals surface area contributed by atoms with E-state index in [1.54, 1.807) is 0 Å². The highest BCUT2D eigenvalue weighted by molar-refractivity contribution is 5.85. The van der Waals surface area contributed by atoms with Crippen LogP contribution in [0.15, 0.2) is 84.9 Å². The molecule has 0 spiro atoms. The number of benzene rings is 4. The Labute approximate surface area is 178 Å². The van der Waals surface area contributed by atoms with E-state index < -0.39 is 0 Å². The molecule has 0 aromatic heterocycles. The minimum atomic E-state index is -0.259. The maximum Gasteiger partial charge on any atom is 0.237 e. The van der Waals surface area contributed by atoms with E-state index in [1.165, 1.54) is 27.1 Å². The van der Waals surface area contributed by atoms with Gasteiger partial charge in [0.05, 0.1) is 6.04 Å². The maximum atomic E-state index is 12.9. The van der Waals surface area contributed by atoms with Crippen molar-refractivity contribution in [3.63, 3.8) is 0 Å². The highest BCUT2D eigenvalue weighted by atomic mass is 16.2. The average Bonchev–Trinajstić information content (AvgIpc) is 2.77. The molecule has 0 saturated heterocycles. The normalized spacial score (nSPS) is 13.3. The van der Waals surface area contributed by atoms with Gasteiger partial charge in [-0.1, -0.05) is 84.9 Å². The zero-order valence-corrected chi connectivity index (χ0v) is 17.6. The molecule has 2 unspecified atom stereocenters. The Morgan fingerprint density at radius 3 is 1.77 bits per heavy atom. The lowest BCUT2D eigenvalue weighted by molar-refractivity contribution is -0.123. The molecule has 0 saturated carbocycles. The first-order chi connectivity index (χ1) is 14.6. The zero-order valence-electron chi connectivity index (χ0n) is 17.6. The van der Waals surface area contributed by atoms with Gasteiger partial charge in [0.2, 0.25) is 5.91 Å². The van der Waals surface area contributed by atoms with Crippen LogP contribution in [0.25, 0.3) is 21.5 Å². The molecule has 4 aromatic rings. The predicted molar refractivity (Wildman–Crippen MR) is 126 cm³/mol. The van der Waals surface area contributed by atoms with Gasteiger partial charge in [0.25, 0.3) is 0 Å². The molecule has 1 amide bonds. The molecule has 2 atom stereocenters. The first-order valence-electron chi connectivity index (χ1n) is 10.6. The number of rotatable bonds is 7. The fourth-order valence-electron chi connectivity index (χ4n) is 4.04. The molecule has 3 heteroatoms. The summed E-state index contributed by atoms with van der Waals surface area (Å²) in [6.45, 7) is 2.07. The van der Waals surface area contributed by atoms with Crippen molar-refractivity contribution >= 4 is 27.5 Å². The van der Waals surface area contributed by atoms with Crippen LogP contribution in [0.1, 0.15) is 18.1 Å². The predicted octanol–water partition coefficient (Wildman–Crippen LogP) is 4.87. The van der Waals surface area contributed by atoms with Crippen molar-refractivity contribution in [3.05, 3.63) is 96.1 Å². The van der Waals surface area contributed by atoms with Gasteiger partial charge >= 0.3 is 0 Å². The number of carbonyl (C=O) groups is 1. The second-order valence-electron chi connectivity index (χ2n) is 8.02. The van der Waals surface area contributed by atoms with Crippen molar-refractivity contribution < 1.29 is 4.79 Å². The number of carbonyl (C=O) groups excluding carboxylic acids is 1. The van der Waals surface area contributed by atoms with Crippen LogP contribution in [0.2, 0.25) is 0 Å². The van der Waals surface area contributed by atoms with Crippen LogP contribution in [-0.2, 0) is 17.6 Å². The van der Waals surface area contributed by atoms with E-state index in [1.807, 2.05) is 19.2 Å². The van der Waals surface area contributed by atoms with Gasteiger partial charge in [0.15, 0.2) is 0 Å². The molecular formula is C27H28N2O. The zero-order chi connectivity index (χ0) is 20.9. The van der Waals surface area contributed by atoms with Crippen molar-refractivity contribution in [2.24, 2.45) is 0 Å². The summed E-state index contributed by atoms with van der Waals surface area (Å²) in [4.78, 5) is 12.9. The lowest BCUT2D eigenvalue weighted by Crippen LogP contribution is -2.47. The summed E-state index contributed by atoms with van der Waals surface area (Å²) in [5.74, 6) is 0.0407. The first kappa shape index (κ1) is 20.1. The molecule has 0 radical (unpaired) electrons. The van der Waals surface area contributed by atoms with E-state index in [0.29, 0.717) is 6.42 Å². The van der Waals surface area contributed by atoms with E-state index in [-0.39, 0.29) is 18.0 Å². The summed E-state index contributed by atoms with van der Waals surface area (Å²) >= 11 is 0. The molecule has 152 valence electrons. The second-order valence-corrected chi connectivity index (χ2v) is 8.02. The van der Waals surface area contributed by atoms with E-state index >= 15 is 0 Å². The molecule has 2 N–H and O–H groups in total. The highest BCUT2D eigenvalue weighted by Crippen LogP contribution is 2.18. The third-order valence-electron chi connectivity index (χ3n) is 5.66. The molecule has 0 heterocycles. The van der Waals surface area contributed by atoms with Crippen LogP contribution in [0, 0.1) is 0 Å². The number of hydrogen-bond acceptors (Lipinski definition) is 2. The Hall–Kier alpha value is -3.17. The SMILES string of the molecule is CNC(Cc1ccc2ccccc2c1)C(=O)NC(C)Cc1ccc2ccccc2c1. The fourth-order valence-corrected chi connectivity index (χ4v) is 4.04. The van der Waals surface area contributed by atoms with Gasteiger partial charge in [0.1, 0.15) is 0 Å². The largest absolute Gasteiger partial charge is 0.352 e. The Bertz CT molecular complexity index is 1170. The van der Waals surface area contributed by atoms with Crippen molar-refractivity contribution in [1.29, 1.82) is 0 Å². The van der Waals surface area contributed by atoms with Gasteiger partial charge in [-0.2, -0.15) is 0 Å². The quantitative estimate of drug-likeness (QED) is 0.468. The molecule has 3 nitrogen and oxygen atoms in total. The van der Waals surface area contributed by atoms with E-state index in [9.17, 15) is 4.79 Å². The van der Waals surface area contributed by atoms with E-state index in [0.717, 1.165) is 12.0 Å². The summed E-state index contributed by atoms with van der Waals surface area (Å²) in [5, 5.41) is 11.3. The number of amides is 1. The minimum Gasteiger partial charge on any atom is -0.352 e. The van der Waals surface area contributed by atoms with Gasteiger partial charge in [-0.3, -0.25) is 4.79 Å². The van der Waals surface area contributed by atoms with Crippen LogP contribution >= 0.6 is 0 Å². The minimum absolute atomic E-state index is 0.0407. The van der Waals surface area contributed by atoms with Gasteiger partial charge in [-0.15, -0.1) is 0 Å². The van der Waals surface area contributed by atoms with Crippen molar-refractivity contribution in [3.8, 4) is 0 Å². The molecule has 4 rings (SSSR count). The number of likely N-dealkylation sites (N-methyl/N-ethyl adjacent to an activating group) is 1. The third kappa shape index (κ3) is 4.69.